The third kappa shape index (κ3) is 9.88. The van der Waals surface area contributed by atoms with Gasteiger partial charge in [0, 0.05) is 32.2 Å². The number of nitrogens with one attached hydrogen (secondary N) is 3. The molecule has 190 valence electrons. The molecule has 0 unspecified atom stereocenters. The fourth-order valence-electron chi connectivity index (χ4n) is 3.76. The number of carbonyl (C=O) groups is 4. The Hall–Kier alpha value is -2.52. The summed E-state index contributed by atoms with van der Waals surface area (Å²) in [7, 11) is 1.51. The number of likely N-dealkylation sites (tertiary alicyclic amines) is 1. The number of hydrogen-bond donors (Lipinski definition) is 3. The van der Waals surface area contributed by atoms with E-state index < -0.39 is 17.7 Å². The first-order valence-electron chi connectivity index (χ1n) is 11.8. The van der Waals surface area contributed by atoms with Crippen molar-refractivity contribution in [2.75, 3.05) is 26.7 Å². The van der Waals surface area contributed by atoms with Crippen molar-refractivity contribution in [2.45, 2.75) is 91.5 Å². The van der Waals surface area contributed by atoms with Gasteiger partial charge >= 0.3 is 12.1 Å². The van der Waals surface area contributed by atoms with Gasteiger partial charge in [0.05, 0.1) is 6.54 Å². The molecule has 1 rings (SSSR count). The van der Waals surface area contributed by atoms with Crippen molar-refractivity contribution < 1.29 is 23.9 Å². The Morgan fingerprint density at radius 2 is 1.76 bits per heavy atom. The van der Waals surface area contributed by atoms with Crippen molar-refractivity contribution in [3.8, 4) is 0 Å². The predicted molar refractivity (Wildman–Crippen MR) is 127 cm³/mol. The molecular formula is C23H43N5O5. The molecular weight excluding hydrogens is 426 g/mol. The van der Waals surface area contributed by atoms with E-state index in [1.54, 1.807) is 30.6 Å². The molecule has 33 heavy (non-hydrogen) atoms. The highest BCUT2D eigenvalue weighted by atomic mass is 16.6. The average molecular weight is 470 g/mol. The van der Waals surface area contributed by atoms with Gasteiger partial charge in [-0.3, -0.25) is 9.59 Å². The predicted octanol–water partition coefficient (Wildman–Crippen LogP) is 2.08. The largest absolute Gasteiger partial charge is 0.444 e. The molecule has 0 spiro atoms. The van der Waals surface area contributed by atoms with Crippen LogP contribution in [0.1, 0.15) is 67.7 Å². The number of hydrogen-bond acceptors (Lipinski definition) is 5. The topological polar surface area (TPSA) is 120 Å². The zero-order chi connectivity index (χ0) is 25.3. The van der Waals surface area contributed by atoms with Crippen molar-refractivity contribution in [1.29, 1.82) is 0 Å². The molecule has 0 bridgehead atoms. The van der Waals surface area contributed by atoms with Gasteiger partial charge in [0.2, 0.25) is 11.8 Å². The van der Waals surface area contributed by atoms with Crippen LogP contribution in [0.3, 0.4) is 0 Å². The summed E-state index contributed by atoms with van der Waals surface area (Å²) in [6.45, 7) is 13.9. The lowest BCUT2D eigenvalue weighted by Crippen LogP contribution is -2.55. The maximum absolute atomic E-state index is 13.5. The Bertz CT molecular complexity index is 689. The van der Waals surface area contributed by atoms with Crippen LogP contribution in [0.2, 0.25) is 0 Å². The van der Waals surface area contributed by atoms with Crippen LogP contribution in [-0.4, -0.2) is 84.1 Å². The number of ether oxygens (including phenoxy) is 1. The van der Waals surface area contributed by atoms with Crippen molar-refractivity contribution >= 4 is 23.9 Å². The number of likely N-dealkylation sites (N-methyl/N-ethyl adjacent to an activating group) is 1. The van der Waals surface area contributed by atoms with Crippen LogP contribution in [0.25, 0.3) is 0 Å². The summed E-state index contributed by atoms with van der Waals surface area (Å²) in [6.07, 6.45) is 1.46. The van der Waals surface area contributed by atoms with Crippen LogP contribution in [0.4, 0.5) is 9.59 Å². The Kier molecular flexibility index (Phi) is 10.9. The molecule has 10 nitrogen and oxygen atoms in total. The summed E-state index contributed by atoms with van der Waals surface area (Å²) in [5.41, 5.74) is -0.661. The summed E-state index contributed by atoms with van der Waals surface area (Å²) < 4.78 is 5.36. The number of nitrogens with zero attached hydrogens (tertiary/aromatic N) is 2. The normalized spacial score (nSPS) is 17.0. The molecule has 0 aromatic carbocycles. The molecule has 0 aromatic heterocycles. The highest BCUT2D eigenvalue weighted by Crippen LogP contribution is 2.22. The molecule has 5 amide bonds. The maximum Gasteiger partial charge on any atom is 0.408 e. The monoisotopic (exact) mass is 469 g/mol. The van der Waals surface area contributed by atoms with Gasteiger partial charge in [-0.25, -0.2) is 9.59 Å². The first-order valence-corrected chi connectivity index (χ1v) is 11.8. The molecule has 1 aliphatic heterocycles. The third-order valence-electron chi connectivity index (χ3n) is 5.33. The lowest BCUT2D eigenvalue weighted by Gasteiger charge is -2.35. The highest BCUT2D eigenvalue weighted by Gasteiger charge is 2.36. The second-order valence-electron chi connectivity index (χ2n) is 10.2. The van der Waals surface area contributed by atoms with Crippen LogP contribution in [0.5, 0.6) is 0 Å². The molecule has 1 aliphatic rings. The average Bonchev–Trinajstić information content (AvgIpc) is 3.15. The third-order valence-corrected chi connectivity index (χ3v) is 5.33. The molecule has 3 N–H and O–H groups in total. The number of rotatable bonds is 9. The lowest BCUT2D eigenvalue weighted by molar-refractivity contribution is -0.135. The van der Waals surface area contributed by atoms with E-state index in [4.69, 9.17) is 4.74 Å². The van der Waals surface area contributed by atoms with Gasteiger partial charge in [-0.05, 0) is 59.8 Å². The first-order chi connectivity index (χ1) is 15.2. The summed E-state index contributed by atoms with van der Waals surface area (Å²) in [4.78, 5) is 53.4. The Morgan fingerprint density at radius 1 is 1.12 bits per heavy atom. The minimum atomic E-state index is -0.699. The SMILES string of the molecule is CNC(=O)CNC(=O)N(C[C@@H]1CCCN1C(=O)[C@H](CC(C)C)NC(=O)OC(C)(C)C)C(C)C. The maximum atomic E-state index is 13.5. The van der Waals surface area contributed by atoms with Gasteiger partial charge < -0.3 is 30.5 Å². The summed E-state index contributed by atoms with van der Waals surface area (Å²) >= 11 is 0. The zero-order valence-electron chi connectivity index (χ0n) is 21.5. The van der Waals surface area contributed by atoms with Gasteiger partial charge in [-0.15, -0.1) is 0 Å². The van der Waals surface area contributed by atoms with Gasteiger partial charge in [0.25, 0.3) is 0 Å². The Labute approximate surface area is 198 Å². The standard InChI is InChI=1S/C23H43N5O5/c1-15(2)12-18(26-22(32)33-23(5,6)7)20(30)27-11-9-10-17(27)14-28(16(3)4)21(31)25-13-19(29)24-8/h15-18H,9-14H2,1-8H3,(H,24,29)(H,25,31)(H,26,32)/t17-,18-/m0/s1. The van der Waals surface area contributed by atoms with Crippen molar-refractivity contribution in [3.63, 3.8) is 0 Å². The minimum Gasteiger partial charge on any atom is -0.444 e. The molecule has 0 aromatic rings. The highest BCUT2D eigenvalue weighted by molar-refractivity contribution is 5.86. The molecule has 1 saturated heterocycles. The van der Waals surface area contributed by atoms with Crippen molar-refractivity contribution in [3.05, 3.63) is 0 Å². The summed E-state index contributed by atoms with van der Waals surface area (Å²) in [6, 6.07) is -1.33. The second kappa shape index (κ2) is 12.6. The molecule has 1 fully saturated rings. The van der Waals surface area contributed by atoms with E-state index in [1.807, 2.05) is 27.7 Å². The van der Waals surface area contributed by atoms with Gasteiger partial charge in [0.1, 0.15) is 11.6 Å². The van der Waals surface area contributed by atoms with Crippen molar-refractivity contribution in [2.24, 2.45) is 5.92 Å². The van der Waals surface area contributed by atoms with E-state index in [-0.39, 0.29) is 42.4 Å². The van der Waals surface area contributed by atoms with Crippen LogP contribution in [0.15, 0.2) is 0 Å². The minimum absolute atomic E-state index is 0.109. The second-order valence-corrected chi connectivity index (χ2v) is 10.2. The van der Waals surface area contributed by atoms with Crippen LogP contribution in [-0.2, 0) is 14.3 Å². The number of amides is 5. The fraction of sp³-hybridized carbons (Fsp3) is 0.826. The Morgan fingerprint density at radius 3 is 2.27 bits per heavy atom. The van der Waals surface area contributed by atoms with Gasteiger partial charge in [-0.1, -0.05) is 13.8 Å². The lowest BCUT2D eigenvalue weighted by atomic mass is 10.0. The summed E-state index contributed by atoms with van der Waals surface area (Å²) in [5.74, 6) is -0.251. The zero-order valence-corrected chi connectivity index (χ0v) is 21.5. The van der Waals surface area contributed by atoms with E-state index in [0.717, 1.165) is 12.8 Å². The molecule has 0 aliphatic carbocycles. The first kappa shape index (κ1) is 28.5. The quantitative estimate of drug-likeness (QED) is 0.478. The van der Waals surface area contributed by atoms with Crippen LogP contribution in [0, 0.1) is 5.92 Å². The number of urea groups is 1. The molecule has 10 heteroatoms. The van der Waals surface area contributed by atoms with Gasteiger partial charge in [0.15, 0.2) is 0 Å². The number of alkyl carbamates (subject to hydrolysis) is 1. The van der Waals surface area contributed by atoms with Crippen LogP contribution < -0.4 is 16.0 Å². The van der Waals surface area contributed by atoms with E-state index in [2.05, 4.69) is 16.0 Å². The molecule has 2 atom stereocenters. The van der Waals surface area contributed by atoms with Crippen molar-refractivity contribution in [1.82, 2.24) is 25.8 Å². The summed E-state index contributed by atoms with van der Waals surface area (Å²) in [5, 5.41) is 7.85. The molecule has 1 heterocycles. The van der Waals surface area contributed by atoms with E-state index in [0.29, 0.717) is 19.5 Å². The smallest absolute Gasteiger partial charge is 0.408 e. The molecule has 0 radical (unpaired) electrons. The van der Waals surface area contributed by atoms with Crippen LogP contribution >= 0.6 is 0 Å². The van der Waals surface area contributed by atoms with E-state index >= 15 is 0 Å². The molecule has 0 saturated carbocycles. The number of carbonyl (C=O) groups excluding carboxylic acids is 4. The van der Waals surface area contributed by atoms with E-state index in [1.165, 1.54) is 7.05 Å². The fourth-order valence-corrected chi connectivity index (χ4v) is 3.76. The Balaban J connectivity index is 2.92. The van der Waals surface area contributed by atoms with E-state index in [9.17, 15) is 19.2 Å². The van der Waals surface area contributed by atoms with Gasteiger partial charge in [-0.2, -0.15) is 0 Å².